The van der Waals surface area contributed by atoms with E-state index >= 15 is 0 Å². The first kappa shape index (κ1) is 14.1. The fourth-order valence-electron chi connectivity index (χ4n) is 3.54. The summed E-state index contributed by atoms with van der Waals surface area (Å²) in [6, 6.07) is 11.1. The molecule has 1 saturated carbocycles. The van der Waals surface area contributed by atoms with E-state index in [4.69, 9.17) is 9.47 Å². The van der Waals surface area contributed by atoms with E-state index in [9.17, 15) is 0 Å². The quantitative estimate of drug-likeness (QED) is 0.881. The first-order valence-corrected chi connectivity index (χ1v) is 8.93. The third kappa shape index (κ3) is 2.85. The normalized spacial score (nSPS) is 18.7. The lowest BCUT2D eigenvalue weighted by molar-refractivity contribution is 0.174. The van der Waals surface area contributed by atoms with Crippen LogP contribution in [-0.4, -0.2) is 6.79 Å². The van der Waals surface area contributed by atoms with Crippen LogP contribution in [0.25, 0.3) is 0 Å². The Morgan fingerprint density at radius 2 is 2.00 bits per heavy atom. The summed E-state index contributed by atoms with van der Waals surface area (Å²) in [5, 5.41) is 5.97. The molecule has 2 heterocycles. The van der Waals surface area contributed by atoms with Gasteiger partial charge in [-0.1, -0.05) is 25.0 Å². The molecule has 2 aliphatic rings. The molecule has 4 heteroatoms. The molecule has 0 saturated heterocycles. The van der Waals surface area contributed by atoms with Gasteiger partial charge in [0.25, 0.3) is 0 Å². The number of thiophene rings is 1. The molecule has 116 valence electrons. The summed E-state index contributed by atoms with van der Waals surface area (Å²) in [5.41, 5.74) is 1.25. The van der Waals surface area contributed by atoms with Crippen LogP contribution in [0.15, 0.2) is 35.7 Å². The van der Waals surface area contributed by atoms with E-state index in [0.717, 1.165) is 24.0 Å². The Morgan fingerprint density at radius 1 is 1.14 bits per heavy atom. The van der Waals surface area contributed by atoms with Crippen LogP contribution in [0, 0.1) is 5.92 Å². The van der Waals surface area contributed by atoms with E-state index in [2.05, 4.69) is 35.0 Å². The summed E-state index contributed by atoms with van der Waals surface area (Å²) in [7, 11) is 0. The minimum atomic E-state index is 0.339. The number of ether oxygens (including phenoxy) is 2. The summed E-state index contributed by atoms with van der Waals surface area (Å²) >= 11 is 1.87. The Kier molecular flexibility index (Phi) is 4.04. The third-order valence-corrected chi connectivity index (χ3v) is 5.64. The van der Waals surface area contributed by atoms with Crippen LogP contribution in [-0.2, 0) is 6.54 Å². The Labute approximate surface area is 135 Å². The molecule has 4 rings (SSSR count). The van der Waals surface area contributed by atoms with Crippen molar-refractivity contribution in [1.29, 1.82) is 0 Å². The van der Waals surface area contributed by atoms with Gasteiger partial charge in [-0.3, -0.25) is 0 Å². The zero-order chi connectivity index (χ0) is 14.8. The van der Waals surface area contributed by atoms with Crippen molar-refractivity contribution in [3.8, 4) is 11.5 Å². The largest absolute Gasteiger partial charge is 0.454 e. The molecule has 1 aliphatic heterocycles. The topological polar surface area (TPSA) is 30.5 Å². The maximum absolute atomic E-state index is 5.47. The van der Waals surface area contributed by atoms with Gasteiger partial charge in [-0.25, -0.2) is 0 Å². The summed E-state index contributed by atoms with van der Waals surface area (Å²) in [6.45, 7) is 1.21. The van der Waals surface area contributed by atoms with Crippen LogP contribution in [0.3, 0.4) is 0 Å². The molecule has 1 fully saturated rings. The van der Waals surface area contributed by atoms with Gasteiger partial charge in [0.2, 0.25) is 6.79 Å². The SMILES string of the molecule is c1csc(C(NCc2ccc3c(c2)OCO3)C2CCCC2)c1. The second kappa shape index (κ2) is 6.31. The van der Waals surface area contributed by atoms with Crippen molar-refractivity contribution >= 4 is 11.3 Å². The molecule has 1 aromatic heterocycles. The number of fused-ring (bicyclic) bond motifs is 1. The van der Waals surface area contributed by atoms with Crippen LogP contribution in [0.2, 0.25) is 0 Å². The fraction of sp³-hybridized carbons (Fsp3) is 0.444. The highest BCUT2D eigenvalue weighted by molar-refractivity contribution is 7.10. The van der Waals surface area contributed by atoms with Gasteiger partial charge in [0.05, 0.1) is 0 Å². The van der Waals surface area contributed by atoms with Crippen molar-refractivity contribution in [3.63, 3.8) is 0 Å². The molecule has 1 aliphatic carbocycles. The van der Waals surface area contributed by atoms with E-state index in [1.807, 2.05) is 17.4 Å². The summed E-state index contributed by atoms with van der Waals surface area (Å²) in [4.78, 5) is 1.47. The highest BCUT2D eigenvalue weighted by atomic mass is 32.1. The monoisotopic (exact) mass is 315 g/mol. The minimum Gasteiger partial charge on any atom is -0.454 e. The maximum Gasteiger partial charge on any atom is 0.231 e. The Hall–Kier alpha value is -1.52. The van der Waals surface area contributed by atoms with Crippen molar-refractivity contribution in [2.45, 2.75) is 38.3 Å². The second-order valence-corrected chi connectivity index (χ2v) is 7.09. The number of hydrogen-bond acceptors (Lipinski definition) is 4. The predicted molar refractivity (Wildman–Crippen MR) is 88.4 cm³/mol. The van der Waals surface area contributed by atoms with Crippen LogP contribution >= 0.6 is 11.3 Å². The highest BCUT2D eigenvalue weighted by Crippen LogP contribution is 2.38. The Morgan fingerprint density at radius 3 is 2.82 bits per heavy atom. The summed E-state index contributed by atoms with van der Waals surface area (Å²) in [5.74, 6) is 2.50. The van der Waals surface area contributed by atoms with E-state index in [1.54, 1.807) is 0 Å². The van der Waals surface area contributed by atoms with Crippen LogP contribution in [0.5, 0.6) is 11.5 Å². The Balaban J connectivity index is 1.47. The highest BCUT2D eigenvalue weighted by Gasteiger charge is 2.26. The van der Waals surface area contributed by atoms with Crippen molar-refractivity contribution in [2.75, 3.05) is 6.79 Å². The predicted octanol–water partition coefficient (Wildman–Crippen LogP) is 4.50. The lowest BCUT2D eigenvalue weighted by Gasteiger charge is -2.24. The van der Waals surface area contributed by atoms with Crippen LogP contribution in [0.4, 0.5) is 0 Å². The molecule has 0 radical (unpaired) electrons. The van der Waals surface area contributed by atoms with Gasteiger partial charge in [0.15, 0.2) is 11.5 Å². The molecular formula is C18H21NO2S. The average molecular weight is 315 g/mol. The molecule has 22 heavy (non-hydrogen) atoms. The van der Waals surface area contributed by atoms with E-state index < -0.39 is 0 Å². The molecule has 1 atom stereocenters. The van der Waals surface area contributed by atoms with Gasteiger partial charge in [-0.05, 0) is 47.9 Å². The number of benzene rings is 1. The number of nitrogens with one attached hydrogen (secondary N) is 1. The zero-order valence-electron chi connectivity index (χ0n) is 12.6. The molecule has 1 unspecified atom stereocenters. The molecule has 0 amide bonds. The van der Waals surface area contributed by atoms with Crippen molar-refractivity contribution in [2.24, 2.45) is 5.92 Å². The van der Waals surface area contributed by atoms with Gasteiger partial charge < -0.3 is 14.8 Å². The minimum absolute atomic E-state index is 0.339. The molecule has 2 aromatic rings. The number of hydrogen-bond donors (Lipinski definition) is 1. The molecule has 1 aromatic carbocycles. The first-order chi connectivity index (χ1) is 10.9. The van der Waals surface area contributed by atoms with E-state index in [1.165, 1.54) is 36.1 Å². The van der Waals surface area contributed by atoms with Gasteiger partial charge >= 0.3 is 0 Å². The zero-order valence-corrected chi connectivity index (χ0v) is 13.4. The Bertz CT molecular complexity index is 620. The van der Waals surface area contributed by atoms with Crippen molar-refractivity contribution < 1.29 is 9.47 Å². The molecule has 1 N–H and O–H groups in total. The summed E-state index contributed by atoms with van der Waals surface area (Å²) in [6.07, 6.45) is 5.43. The molecule has 3 nitrogen and oxygen atoms in total. The van der Waals surface area contributed by atoms with Crippen LogP contribution < -0.4 is 14.8 Å². The fourth-order valence-corrected chi connectivity index (χ4v) is 4.43. The molecule has 0 spiro atoms. The van der Waals surface area contributed by atoms with Crippen molar-refractivity contribution in [3.05, 3.63) is 46.2 Å². The lowest BCUT2D eigenvalue weighted by atomic mass is 9.96. The van der Waals surface area contributed by atoms with Crippen molar-refractivity contribution in [1.82, 2.24) is 5.32 Å². The summed E-state index contributed by atoms with van der Waals surface area (Å²) < 4.78 is 10.8. The van der Waals surface area contributed by atoms with E-state index in [0.29, 0.717) is 12.8 Å². The third-order valence-electron chi connectivity index (χ3n) is 4.68. The lowest BCUT2D eigenvalue weighted by Crippen LogP contribution is -2.26. The maximum atomic E-state index is 5.47. The molecular weight excluding hydrogens is 294 g/mol. The second-order valence-electron chi connectivity index (χ2n) is 6.11. The van der Waals surface area contributed by atoms with Crippen LogP contribution in [0.1, 0.15) is 42.2 Å². The average Bonchev–Trinajstić information content (AvgIpc) is 3.30. The van der Waals surface area contributed by atoms with Gasteiger partial charge in [-0.15, -0.1) is 11.3 Å². The van der Waals surface area contributed by atoms with Gasteiger partial charge in [0, 0.05) is 17.5 Å². The van der Waals surface area contributed by atoms with Gasteiger partial charge in [-0.2, -0.15) is 0 Å². The molecule has 0 bridgehead atoms. The first-order valence-electron chi connectivity index (χ1n) is 8.05. The van der Waals surface area contributed by atoms with E-state index in [-0.39, 0.29) is 0 Å². The van der Waals surface area contributed by atoms with Gasteiger partial charge in [0.1, 0.15) is 0 Å². The standard InChI is InChI=1S/C18H21NO2S/c1-2-5-14(4-1)18(17-6-3-9-22-17)19-11-13-7-8-15-16(10-13)21-12-20-15/h3,6-10,14,18-19H,1-2,4-5,11-12H2. The number of rotatable bonds is 5. The smallest absolute Gasteiger partial charge is 0.231 e.